The highest BCUT2D eigenvalue weighted by atomic mass is 35.5. The predicted octanol–water partition coefficient (Wildman–Crippen LogP) is 6.36. The largest absolute Gasteiger partial charge is 0.488 e. The van der Waals surface area contributed by atoms with Gasteiger partial charge in [-0.3, -0.25) is 4.79 Å². The summed E-state index contributed by atoms with van der Waals surface area (Å²) >= 11 is 6.49. The molecule has 1 heterocycles. The van der Waals surface area contributed by atoms with Gasteiger partial charge in [0.2, 0.25) is 0 Å². The molecule has 5 nitrogen and oxygen atoms in total. The zero-order valence-electron chi connectivity index (χ0n) is 16.9. The third-order valence-corrected chi connectivity index (χ3v) is 4.94. The quantitative estimate of drug-likeness (QED) is 0.303. The van der Waals surface area contributed by atoms with E-state index in [0.29, 0.717) is 41.1 Å². The summed E-state index contributed by atoms with van der Waals surface area (Å²) in [6.07, 6.45) is 0. The molecule has 4 aromatic rings. The lowest BCUT2D eigenvalue weighted by atomic mass is 10.1. The first-order chi connectivity index (χ1) is 15.1. The van der Waals surface area contributed by atoms with Crippen molar-refractivity contribution < 1.29 is 18.8 Å². The summed E-state index contributed by atoms with van der Waals surface area (Å²) < 4.78 is 17.4. The number of hydrogen-bond acceptors (Lipinski definition) is 5. The van der Waals surface area contributed by atoms with Crippen LogP contribution in [0, 0.1) is 0 Å². The Morgan fingerprint density at radius 1 is 0.871 bits per heavy atom. The van der Waals surface area contributed by atoms with Gasteiger partial charge in [-0.05, 0) is 17.2 Å². The standard InChI is InChI=1S/C25H20ClNO4/c1-17(28)22-13-24(31-27-22)20-12-21(26)25(30-16-19-10-6-3-7-11-19)14-23(20)29-15-18-8-4-2-5-9-18/h2-14H,15-16H2,1H3. The molecule has 0 saturated carbocycles. The Balaban J connectivity index is 1.65. The zero-order chi connectivity index (χ0) is 21.6. The van der Waals surface area contributed by atoms with Crippen LogP contribution in [0.25, 0.3) is 11.3 Å². The van der Waals surface area contributed by atoms with Crippen LogP contribution in [0.15, 0.2) is 83.4 Å². The number of halogens is 1. The van der Waals surface area contributed by atoms with E-state index in [1.54, 1.807) is 18.2 Å². The maximum Gasteiger partial charge on any atom is 0.181 e. The highest BCUT2D eigenvalue weighted by Crippen LogP contribution is 2.39. The van der Waals surface area contributed by atoms with E-state index in [2.05, 4.69) is 5.16 Å². The SMILES string of the molecule is CC(=O)c1cc(-c2cc(Cl)c(OCc3ccccc3)cc2OCc2ccccc2)on1. The fourth-order valence-electron chi connectivity index (χ4n) is 3.00. The smallest absolute Gasteiger partial charge is 0.181 e. The van der Waals surface area contributed by atoms with Crippen molar-refractivity contribution in [2.45, 2.75) is 20.1 Å². The van der Waals surface area contributed by atoms with Crippen LogP contribution in [0.3, 0.4) is 0 Å². The van der Waals surface area contributed by atoms with E-state index < -0.39 is 0 Å². The van der Waals surface area contributed by atoms with Crippen LogP contribution in [-0.4, -0.2) is 10.9 Å². The molecule has 0 bridgehead atoms. The van der Waals surface area contributed by atoms with Crippen molar-refractivity contribution in [1.29, 1.82) is 0 Å². The Morgan fingerprint density at radius 3 is 2.00 bits per heavy atom. The van der Waals surface area contributed by atoms with Crippen molar-refractivity contribution in [2.75, 3.05) is 0 Å². The molecule has 0 saturated heterocycles. The van der Waals surface area contributed by atoms with Crippen molar-refractivity contribution in [3.63, 3.8) is 0 Å². The molecule has 1 aromatic heterocycles. The Kier molecular flexibility index (Phi) is 6.34. The van der Waals surface area contributed by atoms with E-state index in [1.807, 2.05) is 60.7 Å². The van der Waals surface area contributed by atoms with Gasteiger partial charge in [-0.25, -0.2) is 0 Å². The van der Waals surface area contributed by atoms with Crippen molar-refractivity contribution >= 4 is 17.4 Å². The van der Waals surface area contributed by atoms with Crippen molar-refractivity contribution in [2.24, 2.45) is 0 Å². The molecule has 3 aromatic carbocycles. The van der Waals surface area contributed by atoms with Crippen molar-refractivity contribution in [3.05, 3.63) is 101 Å². The molecule has 0 atom stereocenters. The highest BCUT2D eigenvalue weighted by Gasteiger charge is 2.18. The molecular formula is C25H20ClNO4. The van der Waals surface area contributed by atoms with Gasteiger partial charge in [0.05, 0.1) is 10.6 Å². The normalized spacial score (nSPS) is 10.6. The number of rotatable bonds is 8. The molecule has 0 spiro atoms. The first-order valence-corrected chi connectivity index (χ1v) is 10.1. The average molecular weight is 434 g/mol. The number of ether oxygens (including phenoxy) is 2. The van der Waals surface area contributed by atoms with Gasteiger partial charge >= 0.3 is 0 Å². The molecule has 0 radical (unpaired) electrons. The topological polar surface area (TPSA) is 61.6 Å². The molecule has 6 heteroatoms. The summed E-state index contributed by atoms with van der Waals surface area (Å²) in [5.74, 6) is 1.21. The second-order valence-corrected chi connectivity index (χ2v) is 7.37. The van der Waals surface area contributed by atoms with Gasteiger partial charge in [0, 0.05) is 19.1 Å². The lowest BCUT2D eigenvalue weighted by Crippen LogP contribution is -2.00. The van der Waals surface area contributed by atoms with Crippen LogP contribution in [0.1, 0.15) is 28.5 Å². The minimum atomic E-state index is -0.185. The van der Waals surface area contributed by atoms with Crippen LogP contribution in [-0.2, 0) is 13.2 Å². The first kappa shape index (κ1) is 20.7. The number of benzene rings is 3. The zero-order valence-corrected chi connectivity index (χ0v) is 17.6. The van der Waals surface area contributed by atoms with Gasteiger partial charge in [0.1, 0.15) is 30.4 Å². The third kappa shape index (κ3) is 5.13. The van der Waals surface area contributed by atoms with E-state index in [1.165, 1.54) is 6.92 Å². The predicted molar refractivity (Wildman–Crippen MR) is 119 cm³/mol. The molecule has 0 aliphatic rings. The summed E-state index contributed by atoms with van der Waals surface area (Å²) in [4.78, 5) is 11.6. The van der Waals surface area contributed by atoms with Gasteiger partial charge in [-0.1, -0.05) is 77.4 Å². The van der Waals surface area contributed by atoms with Crippen LogP contribution in [0.4, 0.5) is 0 Å². The van der Waals surface area contributed by atoms with Crippen LogP contribution in [0.2, 0.25) is 5.02 Å². The van der Waals surface area contributed by atoms with Crippen molar-refractivity contribution in [1.82, 2.24) is 5.16 Å². The van der Waals surface area contributed by atoms with Crippen LogP contribution in [0.5, 0.6) is 11.5 Å². The van der Waals surface area contributed by atoms with E-state index in [0.717, 1.165) is 11.1 Å². The average Bonchev–Trinajstić information content (AvgIpc) is 3.29. The number of carbonyl (C=O) groups excluding carboxylic acids is 1. The van der Waals surface area contributed by atoms with Gasteiger partial charge < -0.3 is 14.0 Å². The molecule has 0 unspecified atom stereocenters. The van der Waals surface area contributed by atoms with Crippen LogP contribution >= 0.6 is 11.6 Å². The van der Waals surface area contributed by atoms with Gasteiger partial charge in [-0.2, -0.15) is 0 Å². The number of carbonyl (C=O) groups is 1. The molecule has 0 fully saturated rings. The van der Waals surface area contributed by atoms with E-state index in [-0.39, 0.29) is 11.5 Å². The Hall–Kier alpha value is -3.57. The second kappa shape index (κ2) is 9.49. The minimum absolute atomic E-state index is 0.185. The maximum absolute atomic E-state index is 11.6. The number of hydrogen-bond donors (Lipinski definition) is 0. The molecule has 0 amide bonds. The summed E-state index contributed by atoms with van der Waals surface area (Å²) in [5.41, 5.74) is 2.87. The lowest BCUT2D eigenvalue weighted by molar-refractivity contribution is 0.100. The number of aromatic nitrogens is 1. The third-order valence-electron chi connectivity index (χ3n) is 4.64. The molecular weight excluding hydrogens is 414 g/mol. The number of nitrogens with zero attached hydrogens (tertiary/aromatic N) is 1. The summed E-state index contributed by atoms with van der Waals surface area (Å²) in [6, 6.07) is 24.6. The number of ketones is 1. The fourth-order valence-corrected chi connectivity index (χ4v) is 3.21. The van der Waals surface area contributed by atoms with E-state index in [4.69, 9.17) is 25.6 Å². The highest BCUT2D eigenvalue weighted by molar-refractivity contribution is 6.32. The van der Waals surface area contributed by atoms with Gasteiger partial charge in [-0.15, -0.1) is 0 Å². The molecule has 4 rings (SSSR count). The van der Waals surface area contributed by atoms with E-state index in [9.17, 15) is 4.79 Å². The maximum atomic E-state index is 11.6. The minimum Gasteiger partial charge on any atom is -0.488 e. The summed E-state index contributed by atoms with van der Waals surface area (Å²) in [5, 5.41) is 4.23. The van der Waals surface area contributed by atoms with Gasteiger partial charge in [0.25, 0.3) is 0 Å². The second-order valence-electron chi connectivity index (χ2n) is 6.96. The molecule has 0 aliphatic carbocycles. The molecule has 0 aliphatic heterocycles. The van der Waals surface area contributed by atoms with E-state index >= 15 is 0 Å². The Bertz CT molecular complexity index is 1170. The van der Waals surface area contributed by atoms with Gasteiger partial charge in [0.15, 0.2) is 11.5 Å². The lowest BCUT2D eigenvalue weighted by Gasteiger charge is -2.14. The Labute approximate surface area is 185 Å². The van der Waals surface area contributed by atoms with Crippen molar-refractivity contribution in [3.8, 4) is 22.8 Å². The molecule has 0 N–H and O–H groups in total. The molecule has 31 heavy (non-hydrogen) atoms. The monoisotopic (exact) mass is 433 g/mol. The first-order valence-electron chi connectivity index (χ1n) is 9.75. The summed E-state index contributed by atoms with van der Waals surface area (Å²) in [6.45, 7) is 2.15. The fraction of sp³-hybridized carbons (Fsp3) is 0.120. The Morgan fingerprint density at radius 2 is 1.45 bits per heavy atom. The number of Topliss-reactive ketones (excluding diaryl/α,β-unsaturated/α-hetero) is 1. The molecule has 156 valence electrons. The van der Waals surface area contributed by atoms with Crippen LogP contribution < -0.4 is 9.47 Å². The summed E-state index contributed by atoms with van der Waals surface area (Å²) in [7, 11) is 0.